The molecular weight excluding hydrogens is 204 g/mol. The van der Waals surface area contributed by atoms with Gasteiger partial charge in [-0.3, -0.25) is 0 Å². The van der Waals surface area contributed by atoms with Gasteiger partial charge in [0.2, 0.25) is 0 Å². The summed E-state index contributed by atoms with van der Waals surface area (Å²) in [6.45, 7) is 20.0. The van der Waals surface area contributed by atoms with Gasteiger partial charge in [-0.2, -0.15) is 0 Å². The minimum atomic E-state index is 1.04. The van der Waals surface area contributed by atoms with E-state index in [0.717, 1.165) is 11.1 Å². The second kappa shape index (κ2) is 19.9. The molecule has 17 heavy (non-hydrogen) atoms. The lowest BCUT2D eigenvalue weighted by atomic mass is 10.1. The summed E-state index contributed by atoms with van der Waals surface area (Å²) in [5.74, 6) is 0. The lowest BCUT2D eigenvalue weighted by molar-refractivity contribution is 1.50. The highest BCUT2D eigenvalue weighted by molar-refractivity contribution is 5.45. The Morgan fingerprint density at radius 2 is 1.29 bits per heavy atom. The average Bonchev–Trinajstić information content (AvgIpc) is 2.39. The van der Waals surface area contributed by atoms with E-state index in [0.29, 0.717) is 0 Å². The summed E-state index contributed by atoms with van der Waals surface area (Å²) < 4.78 is 0. The highest BCUT2D eigenvalue weighted by Crippen LogP contribution is 2.11. The Bertz CT molecular complexity index is 272. The molecule has 0 aromatic rings. The molecule has 0 aliphatic rings. The van der Waals surface area contributed by atoms with Gasteiger partial charge >= 0.3 is 0 Å². The highest BCUT2D eigenvalue weighted by Gasteiger charge is 1.91. The van der Waals surface area contributed by atoms with Crippen LogP contribution in [-0.2, 0) is 0 Å². The van der Waals surface area contributed by atoms with Crippen molar-refractivity contribution in [3.8, 4) is 0 Å². The van der Waals surface area contributed by atoms with Crippen molar-refractivity contribution in [1.82, 2.24) is 0 Å². The van der Waals surface area contributed by atoms with Gasteiger partial charge in [-0.1, -0.05) is 63.0 Å². The lowest BCUT2D eigenvalue weighted by Crippen LogP contribution is -1.79. The molecule has 0 aliphatic heterocycles. The van der Waals surface area contributed by atoms with Crippen LogP contribution in [0.2, 0.25) is 0 Å². The third-order valence-electron chi connectivity index (χ3n) is 1.55. The quantitative estimate of drug-likeness (QED) is 0.410. The Balaban J connectivity index is -0.000000439. The number of hydrogen-bond acceptors (Lipinski definition) is 0. The molecule has 0 spiro atoms. The predicted molar refractivity (Wildman–Crippen MR) is 84.3 cm³/mol. The van der Waals surface area contributed by atoms with E-state index < -0.39 is 0 Å². The van der Waals surface area contributed by atoms with Gasteiger partial charge in [0.15, 0.2) is 0 Å². The molecule has 0 aliphatic carbocycles. The van der Waals surface area contributed by atoms with Crippen LogP contribution in [0.15, 0.2) is 73.4 Å². The summed E-state index contributed by atoms with van der Waals surface area (Å²) in [6, 6.07) is 0. The fraction of sp³-hybridized carbons (Fsp3) is 0.294. The van der Waals surface area contributed by atoms with Crippen LogP contribution >= 0.6 is 0 Å². The molecule has 0 bridgehead atoms. The van der Waals surface area contributed by atoms with Gasteiger partial charge in [0.05, 0.1) is 0 Å². The minimum absolute atomic E-state index is 1.04. The van der Waals surface area contributed by atoms with Crippen LogP contribution in [0.1, 0.15) is 34.6 Å². The van der Waals surface area contributed by atoms with E-state index in [2.05, 4.69) is 31.9 Å². The molecule has 0 unspecified atom stereocenters. The smallest absolute Gasteiger partial charge is 0.0193 e. The maximum Gasteiger partial charge on any atom is -0.0193 e. The van der Waals surface area contributed by atoms with Crippen molar-refractivity contribution in [2.24, 2.45) is 0 Å². The van der Waals surface area contributed by atoms with Crippen LogP contribution in [-0.4, -0.2) is 0 Å². The van der Waals surface area contributed by atoms with E-state index >= 15 is 0 Å². The van der Waals surface area contributed by atoms with Crippen LogP contribution in [0.4, 0.5) is 0 Å². The van der Waals surface area contributed by atoms with Crippen molar-refractivity contribution in [2.75, 3.05) is 0 Å². The molecule has 0 N–H and O–H groups in total. The van der Waals surface area contributed by atoms with Crippen molar-refractivity contribution in [1.29, 1.82) is 0 Å². The van der Waals surface area contributed by atoms with Gasteiger partial charge in [0, 0.05) is 0 Å². The van der Waals surface area contributed by atoms with Gasteiger partial charge < -0.3 is 0 Å². The summed E-state index contributed by atoms with van der Waals surface area (Å²) in [4.78, 5) is 0. The van der Waals surface area contributed by atoms with Crippen molar-refractivity contribution < 1.29 is 0 Å². The van der Waals surface area contributed by atoms with Crippen LogP contribution < -0.4 is 0 Å². The molecule has 0 aromatic heterocycles. The van der Waals surface area contributed by atoms with E-state index in [1.807, 2.05) is 65.0 Å². The molecule has 0 rings (SSSR count). The number of hydrogen-bond donors (Lipinski definition) is 0. The van der Waals surface area contributed by atoms with Gasteiger partial charge in [0.1, 0.15) is 0 Å². The van der Waals surface area contributed by atoms with E-state index in [-0.39, 0.29) is 0 Å². The second-order valence-electron chi connectivity index (χ2n) is 2.67. The lowest BCUT2D eigenvalue weighted by Gasteiger charge is -1.99. The SMILES string of the molecule is C=C.C=C(/C=C\C)C(/C=C\C)=C\C=C/C.CC. The zero-order valence-electron chi connectivity index (χ0n) is 12.2. The molecule has 0 heterocycles. The molecular formula is C17H28. The first kappa shape index (κ1) is 20.8. The van der Waals surface area contributed by atoms with Crippen LogP contribution in [0.5, 0.6) is 0 Å². The van der Waals surface area contributed by atoms with Gasteiger partial charge in [-0.15, -0.1) is 13.2 Å². The fourth-order valence-corrected chi connectivity index (χ4v) is 0.946. The highest BCUT2D eigenvalue weighted by atomic mass is 14.0. The van der Waals surface area contributed by atoms with Crippen molar-refractivity contribution >= 4 is 0 Å². The number of rotatable bonds is 4. The Morgan fingerprint density at radius 1 is 0.824 bits per heavy atom. The predicted octanol–water partition coefficient (Wildman–Crippen LogP) is 6.03. The van der Waals surface area contributed by atoms with Crippen LogP contribution in [0, 0.1) is 0 Å². The molecule has 0 saturated carbocycles. The average molecular weight is 232 g/mol. The molecule has 0 aromatic carbocycles. The van der Waals surface area contributed by atoms with E-state index in [1.165, 1.54) is 0 Å². The summed E-state index contributed by atoms with van der Waals surface area (Å²) in [5, 5.41) is 0. The van der Waals surface area contributed by atoms with Crippen LogP contribution in [0.25, 0.3) is 0 Å². The molecule has 96 valence electrons. The van der Waals surface area contributed by atoms with E-state index in [1.54, 1.807) is 0 Å². The Labute approximate surface area is 108 Å². The minimum Gasteiger partial charge on any atom is -0.106 e. The Morgan fingerprint density at radius 3 is 1.65 bits per heavy atom. The summed E-state index contributed by atoms with van der Waals surface area (Å²) >= 11 is 0. The monoisotopic (exact) mass is 232 g/mol. The fourth-order valence-electron chi connectivity index (χ4n) is 0.946. The van der Waals surface area contributed by atoms with Gasteiger partial charge in [0.25, 0.3) is 0 Å². The molecule has 0 heteroatoms. The Hall–Kier alpha value is -1.56. The topological polar surface area (TPSA) is 0 Å². The largest absolute Gasteiger partial charge is 0.106 e. The van der Waals surface area contributed by atoms with Crippen molar-refractivity contribution in [3.05, 3.63) is 73.4 Å². The maximum atomic E-state index is 3.98. The first-order valence-electron chi connectivity index (χ1n) is 6.03. The zero-order chi connectivity index (χ0) is 14.1. The van der Waals surface area contributed by atoms with E-state index in [9.17, 15) is 0 Å². The second-order valence-corrected chi connectivity index (χ2v) is 2.67. The maximum absolute atomic E-state index is 3.98. The molecule has 0 atom stereocenters. The molecule has 0 saturated heterocycles. The van der Waals surface area contributed by atoms with Crippen molar-refractivity contribution in [2.45, 2.75) is 34.6 Å². The third kappa shape index (κ3) is 14.4. The Kier molecular flexibility index (Phi) is 24.4. The zero-order valence-corrected chi connectivity index (χ0v) is 12.2. The summed E-state index contributed by atoms with van der Waals surface area (Å²) in [7, 11) is 0. The first-order valence-corrected chi connectivity index (χ1v) is 6.03. The third-order valence-corrected chi connectivity index (χ3v) is 1.55. The van der Waals surface area contributed by atoms with Crippen LogP contribution in [0.3, 0.4) is 0 Å². The number of allylic oxidation sites excluding steroid dienone is 9. The molecule has 0 fully saturated rings. The molecule has 0 nitrogen and oxygen atoms in total. The van der Waals surface area contributed by atoms with Gasteiger partial charge in [-0.05, 0) is 31.9 Å². The standard InChI is InChI=1S/C13H18.C2H6.C2H4/c1-5-8-11-13(10-7-3)12(4)9-6-2;2*1-2/h5-11H,4H2,1-3H3;1-2H3;1-2H2/b8-5-,9-6-,10-7-,13-11-;;. The van der Waals surface area contributed by atoms with Crippen molar-refractivity contribution in [3.63, 3.8) is 0 Å². The summed E-state index contributed by atoms with van der Waals surface area (Å²) in [5.41, 5.74) is 2.19. The molecule has 0 amide bonds. The molecule has 0 radical (unpaired) electrons. The normalized spacial score (nSPS) is 11.0. The summed E-state index contributed by atoms with van der Waals surface area (Å²) in [6.07, 6.45) is 14.2. The van der Waals surface area contributed by atoms with E-state index in [4.69, 9.17) is 0 Å². The van der Waals surface area contributed by atoms with Gasteiger partial charge in [-0.25, -0.2) is 0 Å². The first-order chi connectivity index (χ1) is 8.26.